The van der Waals surface area contributed by atoms with Gasteiger partial charge in [-0.3, -0.25) is 5.01 Å². The number of carbonyl (C=O) groups excluding carboxylic acids is 1. The quantitative estimate of drug-likeness (QED) is 0.228. The van der Waals surface area contributed by atoms with Crippen LogP contribution in [0.4, 0.5) is 0 Å². The molecule has 18 heavy (non-hydrogen) atoms. The normalized spacial score (nSPS) is 13.6. The third kappa shape index (κ3) is 4.91. The molecule has 0 spiro atoms. The van der Waals surface area contributed by atoms with Gasteiger partial charge in [0.25, 0.3) is 0 Å². The summed E-state index contributed by atoms with van der Waals surface area (Å²) < 4.78 is 10.8. The molecule has 1 unspecified atom stereocenters. The molecule has 0 aliphatic heterocycles. The first-order valence-corrected chi connectivity index (χ1v) is 6.59. The Morgan fingerprint density at radius 3 is 2.56 bits per heavy atom. The number of allylic oxidation sites excluding steroid dienone is 1. The summed E-state index contributed by atoms with van der Waals surface area (Å²) in [7, 11) is 1.56. The predicted molar refractivity (Wildman–Crippen MR) is 79.5 cm³/mol. The highest BCUT2D eigenvalue weighted by atomic mass is 127. The van der Waals surface area contributed by atoms with Crippen LogP contribution in [0.5, 0.6) is 0 Å². The fourth-order valence-corrected chi connectivity index (χ4v) is 1.86. The van der Waals surface area contributed by atoms with Crippen LogP contribution in [0.3, 0.4) is 0 Å². The van der Waals surface area contributed by atoms with Crippen LogP contribution in [0.1, 0.15) is 13.8 Å². The fourth-order valence-electron chi connectivity index (χ4n) is 1.39. The highest BCUT2D eigenvalue weighted by molar-refractivity contribution is 14.1. The van der Waals surface area contributed by atoms with Crippen molar-refractivity contribution in [3.63, 3.8) is 0 Å². The van der Waals surface area contributed by atoms with Crippen LogP contribution in [0.2, 0.25) is 0 Å². The highest BCUT2D eigenvalue weighted by Gasteiger charge is 2.26. The van der Waals surface area contributed by atoms with Crippen LogP contribution in [0.25, 0.3) is 0 Å². The number of nitrogens with two attached hydrogens (primary N) is 1. The lowest BCUT2D eigenvalue weighted by atomic mass is 10.2. The van der Waals surface area contributed by atoms with Crippen LogP contribution in [-0.2, 0) is 14.3 Å². The van der Waals surface area contributed by atoms with Crippen LogP contribution >= 0.6 is 22.6 Å². The predicted octanol–water partition coefficient (Wildman–Crippen LogP) is 1.11. The lowest BCUT2D eigenvalue weighted by Gasteiger charge is -2.28. The second-order valence-corrected chi connectivity index (χ2v) is 5.05. The molecule has 0 aliphatic rings. The van der Waals surface area contributed by atoms with E-state index in [1.807, 2.05) is 22.6 Å². The van der Waals surface area contributed by atoms with Gasteiger partial charge in [0.05, 0.1) is 19.3 Å². The summed E-state index contributed by atoms with van der Waals surface area (Å²) in [4.78, 5) is 11.9. The van der Waals surface area contributed by atoms with Gasteiger partial charge in [-0.25, -0.2) is 4.79 Å². The standard InChI is InChI=1S/C11H20IN3O3/c1-5-18-11(16)10(8(2)12)15(14-3)9(6-13)7-17-4/h9H,3,5-7,13H2,1-2,4H3/b10-8+. The third-order valence-corrected chi connectivity index (χ3v) is 2.66. The van der Waals surface area contributed by atoms with E-state index in [4.69, 9.17) is 15.2 Å². The van der Waals surface area contributed by atoms with Gasteiger partial charge in [0.15, 0.2) is 5.70 Å². The Hall–Kier alpha value is -0.670. The number of halogens is 1. The van der Waals surface area contributed by atoms with Crippen molar-refractivity contribution in [1.29, 1.82) is 0 Å². The van der Waals surface area contributed by atoms with E-state index in [0.717, 1.165) is 3.58 Å². The molecule has 0 aromatic rings. The minimum Gasteiger partial charge on any atom is -0.461 e. The molecule has 6 nitrogen and oxygen atoms in total. The maximum absolute atomic E-state index is 11.9. The lowest BCUT2D eigenvalue weighted by molar-refractivity contribution is -0.140. The Labute approximate surface area is 121 Å². The number of methoxy groups -OCH3 is 1. The molecule has 0 heterocycles. The molecule has 0 rings (SSSR count). The van der Waals surface area contributed by atoms with Gasteiger partial charge in [0, 0.05) is 24.0 Å². The first-order valence-electron chi connectivity index (χ1n) is 5.51. The van der Waals surface area contributed by atoms with Gasteiger partial charge in [0.1, 0.15) is 0 Å². The van der Waals surface area contributed by atoms with Crippen molar-refractivity contribution >= 4 is 35.3 Å². The number of ether oxygens (including phenoxy) is 2. The molecule has 0 saturated heterocycles. The lowest BCUT2D eigenvalue weighted by Crippen LogP contribution is -2.42. The van der Waals surface area contributed by atoms with Gasteiger partial charge in [0.2, 0.25) is 0 Å². The van der Waals surface area contributed by atoms with Crippen LogP contribution < -0.4 is 5.73 Å². The Bertz CT molecular complexity index is 317. The number of rotatable bonds is 8. The first-order chi connectivity index (χ1) is 8.53. The summed E-state index contributed by atoms with van der Waals surface area (Å²) in [5.74, 6) is -0.439. The van der Waals surface area contributed by atoms with Gasteiger partial charge >= 0.3 is 5.97 Å². The van der Waals surface area contributed by atoms with E-state index < -0.39 is 5.97 Å². The van der Waals surface area contributed by atoms with Gasteiger partial charge < -0.3 is 15.2 Å². The molecule has 0 aliphatic carbocycles. The molecule has 0 saturated carbocycles. The summed E-state index contributed by atoms with van der Waals surface area (Å²) in [6.45, 7) is 7.97. The van der Waals surface area contributed by atoms with E-state index >= 15 is 0 Å². The first kappa shape index (κ1) is 17.3. The van der Waals surface area contributed by atoms with Crippen molar-refractivity contribution in [2.45, 2.75) is 19.9 Å². The van der Waals surface area contributed by atoms with E-state index in [9.17, 15) is 4.79 Å². The molecule has 0 aromatic carbocycles. The second kappa shape index (κ2) is 9.29. The summed E-state index contributed by atoms with van der Waals surface area (Å²) in [6.07, 6.45) is 0. The molecular formula is C11H20IN3O3. The third-order valence-electron chi connectivity index (χ3n) is 2.15. The maximum atomic E-state index is 11.9. The Kier molecular flexibility index (Phi) is 8.94. The van der Waals surface area contributed by atoms with E-state index in [-0.39, 0.29) is 6.04 Å². The average molecular weight is 369 g/mol. The molecule has 7 heteroatoms. The van der Waals surface area contributed by atoms with E-state index in [1.54, 1.807) is 21.0 Å². The Balaban J connectivity index is 5.24. The zero-order chi connectivity index (χ0) is 14.1. The van der Waals surface area contributed by atoms with Crippen molar-refractivity contribution in [1.82, 2.24) is 5.01 Å². The maximum Gasteiger partial charge on any atom is 0.357 e. The van der Waals surface area contributed by atoms with Gasteiger partial charge in [-0.1, -0.05) is 0 Å². The summed E-state index contributed by atoms with van der Waals surface area (Å²) in [5, 5.41) is 5.32. The molecule has 2 N–H and O–H groups in total. The second-order valence-electron chi connectivity index (χ2n) is 3.43. The van der Waals surface area contributed by atoms with Crippen LogP contribution in [-0.4, -0.2) is 50.6 Å². The largest absolute Gasteiger partial charge is 0.461 e. The van der Waals surface area contributed by atoms with Crippen molar-refractivity contribution in [2.24, 2.45) is 10.8 Å². The molecule has 0 fully saturated rings. The van der Waals surface area contributed by atoms with Crippen molar-refractivity contribution in [3.05, 3.63) is 9.28 Å². The van der Waals surface area contributed by atoms with Gasteiger partial charge in [-0.15, -0.1) is 0 Å². The highest BCUT2D eigenvalue weighted by Crippen LogP contribution is 2.20. The number of nitrogens with zero attached hydrogens (tertiary/aromatic N) is 2. The number of hydrazone groups is 1. The summed E-state index contributed by atoms with van der Waals surface area (Å²) in [5.41, 5.74) is 6.01. The zero-order valence-corrected chi connectivity index (χ0v) is 13.1. The molecule has 0 aromatic heterocycles. The SMILES string of the molecule is C=NN(/C(C(=O)OCC)=C(\C)I)C(CN)COC. The number of hydrogen-bond acceptors (Lipinski definition) is 6. The summed E-state index contributed by atoms with van der Waals surface area (Å²) >= 11 is 2.04. The summed E-state index contributed by atoms with van der Waals surface area (Å²) in [6, 6.07) is -0.253. The Morgan fingerprint density at radius 1 is 1.61 bits per heavy atom. The van der Waals surface area contributed by atoms with Gasteiger partial charge in [-0.2, -0.15) is 5.10 Å². The monoisotopic (exact) mass is 369 g/mol. The van der Waals surface area contributed by atoms with Gasteiger partial charge in [-0.05, 0) is 36.4 Å². The minimum absolute atomic E-state index is 0.253. The van der Waals surface area contributed by atoms with Crippen molar-refractivity contribution in [3.8, 4) is 0 Å². The van der Waals surface area contributed by atoms with Crippen molar-refractivity contribution in [2.75, 3.05) is 26.9 Å². The Morgan fingerprint density at radius 2 is 2.22 bits per heavy atom. The molecule has 104 valence electrons. The number of carbonyl (C=O) groups is 1. The van der Waals surface area contributed by atoms with E-state index in [0.29, 0.717) is 25.5 Å². The number of hydrogen-bond donors (Lipinski definition) is 1. The topological polar surface area (TPSA) is 77.2 Å². The molecule has 1 atom stereocenters. The molecule has 0 radical (unpaired) electrons. The zero-order valence-electron chi connectivity index (χ0n) is 11.0. The van der Waals surface area contributed by atoms with Crippen LogP contribution in [0.15, 0.2) is 14.4 Å². The molecule has 0 amide bonds. The van der Waals surface area contributed by atoms with Crippen LogP contribution in [0, 0.1) is 0 Å². The van der Waals surface area contributed by atoms with E-state index in [2.05, 4.69) is 11.8 Å². The minimum atomic E-state index is -0.439. The fraction of sp³-hybridized carbons (Fsp3) is 0.636. The smallest absolute Gasteiger partial charge is 0.357 e. The molecule has 0 bridgehead atoms. The number of esters is 1. The average Bonchev–Trinajstić information content (AvgIpc) is 2.32. The molecular weight excluding hydrogens is 349 g/mol. The van der Waals surface area contributed by atoms with E-state index in [1.165, 1.54) is 5.01 Å². The van der Waals surface area contributed by atoms with Crippen molar-refractivity contribution < 1.29 is 14.3 Å².